The summed E-state index contributed by atoms with van der Waals surface area (Å²) in [5, 5.41) is 2.39. The smallest absolute Gasteiger partial charge is 0.325 e. The third-order valence-corrected chi connectivity index (χ3v) is 2.02. The molecule has 1 rings (SSSR count). The summed E-state index contributed by atoms with van der Waals surface area (Å²) >= 11 is 4.90. The Morgan fingerprint density at radius 2 is 2.33 bits per heavy atom. The minimum Gasteiger partial charge on any atom is -0.468 e. The van der Waals surface area contributed by atoms with Crippen molar-refractivity contribution >= 4 is 24.1 Å². The zero-order valence-electron chi connectivity index (χ0n) is 8.07. The molecule has 0 spiro atoms. The predicted octanol–water partition coefficient (Wildman–Crippen LogP) is 0.647. The highest BCUT2D eigenvalue weighted by Gasteiger charge is 2.08. The average Bonchev–Trinajstić information content (AvgIpc) is 2.26. The molecule has 0 atom stereocenters. The van der Waals surface area contributed by atoms with Gasteiger partial charge in [0.25, 0.3) is 5.91 Å². The summed E-state index contributed by atoms with van der Waals surface area (Å²) < 4.78 is 4.71. The van der Waals surface area contributed by atoms with Crippen LogP contribution in [0.5, 0.6) is 0 Å². The van der Waals surface area contributed by atoms with Gasteiger partial charge < -0.3 is 15.0 Å². The fraction of sp³-hybridized carbons (Fsp3) is 0.222. The number of hydrogen-bond donors (Lipinski definition) is 2. The van der Waals surface area contributed by atoms with E-state index in [1.54, 1.807) is 18.3 Å². The summed E-state index contributed by atoms with van der Waals surface area (Å²) in [7, 11) is 1.25. The van der Waals surface area contributed by atoms with E-state index in [0.717, 1.165) is 0 Å². The van der Waals surface area contributed by atoms with Crippen molar-refractivity contribution in [2.75, 3.05) is 13.7 Å². The molecule has 0 fully saturated rings. The van der Waals surface area contributed by atoms with Gasteiger partial charge in [0.15, 0.2) is 0 Å². The number of H-pyrrole nitrogens is 1. The van der Waals surface area contributed by atoms with Gasteiger partial charge in [0, 0.05) is 6.20 Å². The van der Waals surface area contributed by atoms with Crippen molar-refractivity contribution in [2.24, 2.45) is 0 Å². The number of aromatic nitrogens is 1. The van der Waals surface area contributed by atoms with Crippen molar-refractivity contribution in [2.45, 2.75) is 0 Å². The molecule has 0 radical (unpaired) electrons. The van der Waals surface area contributed by atoms with Gasteiger partial charge in [0.1, 0.15) is 11.2 Å². The topological polar surface area (TPSA) is 71.2 Å². The van der Waals surface area contributed by atoms with Crippen molar-refractivity contribution in [1.29, 1.82) is 0 Å². The number of ether oxygens (including phenoxy) is 1. The maximum absolute atomic E-state index is 11.5. The second kappa shape index (κ2) is 5.26. The van der Waals surface area contributed by atoms with Crippen molar-refractivity contribution < 1.29 is 14.3 Å². The Balaban J connectivity index is 2.66. The molecule has 0 saturated heterocycles. The Hall–Kier alpha value is -1.69. The second-order valence-corrected chi connectivity index (χ2v) is 3.08. The van der Waals surface area contributed by atoms with E-state index in [-0.39, 0.29) is 6.54 Å². The summed E-state index contributed by atoms with van der Waals surface area (Å²) in [6, 6.07) is 3.23. The highest BCUT2D eigenvalue weighted by atomic mass is 32.1. The molecule has 80 valence electrons. The van der Waals surface area contributed by atoms with Crippen LogP contribution in [0.2, 0.25) is 0 Å². The van der Waals surface area contributed by atoms with Crippen LogP contribution in [0.4, 0.5) is 0 Å². The molecule has 2 N–H and O–H groups in total. The number of pyridine rings is 1. The lowest BCUT2D eigenvalue weighted by Gasteiger charge is -2.03. The fourth-order valence-corrected chi connectivity index (χ4v) is 1.15. The van der Waals surface area contributed by atoms with Crippen LogP contribution in [-0.4, -0.2) is 30.5 Å². The fourth-order valence-electron chi connectivity index (χ4n) is 0.920. The Labute approximate surface area is 91.5 Å². The van der Waals surface area contributed by atoms with Crippen LogP contribution >= 0.6 is 12.2 Å². The first-order valence-electron chi connectivity index (χ1n) is 4.18. The van der Waals surface area contributed by atoms with Gasteiger partial charge in [0.2, 0.25) is 0 Å². The molecule has 1 aromatic heterocycles. The van der Waals surface area contributed by atoms with Gasteiger partial charge in [-0.25, -0.2) is 0 Å². The highest BCUT2D eigenvalue weighted by Crippen LogP contribution is 1.98. The van der Waals surface area contributed by atoms with Crippen molar-refractivity contribution in [1.82, 2.24) is 10.3 Å². The first-order valence-corrected chi connectivity index (χ1v) is 4.58. The molecule has 0 aliphatic carbocycles. The number of aromatic amines is 1. The van der Waals surface area contributed by atoms with Gasteiger partial charge in [-0.2, -0.15) is 0 Å². The number of esters is 1. The molecule has 1 aromatic rings. The van der Waals surface area contributed by atoms with E-state index in [1.165, 1.54) is 7.11 Å². The van der Waals surface area contributed by atoms with Crippen LogP contribution < -0.4 is 5.32 Å². The van der Waals surface area contributed by atoms with E-state index in [0.29, 0.717) is 10.2 Å². The Morgan fingerprint density at radius 1 is 1.60 bits per heavy atom. The van der Waals surface area contributed by atoms with Crippen molar-refractivity contribution in [3.05, 3.63) is 28.5 Å². The zero-order chi connectivity index (χ0) is 11.3. The van der Waals surface area contributed by atoms with Crippen molar-refractivity contribution in [3.8, 4) is 0 Å². The normalized spacial score (nSPS) is 9.40. The summed E-state index contributed by atoms with van der Waals surface area (Å²) in [5.74, 6) is -0.906. The van der Waals surface area contributed by atoms with Crippen LogP contribution in [0.15, 0.2) is 18.3 Å². The maximum Gasteiger partial charge on any atom is 0.325 e. The Morgan fingerprint density at radius 3 is 2.93 bits per heavy atom. The van der Waals surface area contributed by atoms with E-state index in [2.05, 4.69) is 15.0 Å². The SMILES string of the molecule is COC(=O)CNC(=O)c1ccc[nH]c1=S. The molecule has 0 aliphatic rings. The van der Waals surface area contributed by atoms with Crippen LogP contribution in [0, 0.1) is 4.64 Å². The van der Waals surface area contributed by atoms with Gasteiger partial charge in [-0.3, -0.25) is 9.59 Å². The van der Waals surface area contributed by atoms with Crippen molar-refractivity contribution in [3.63, 3.8) is 0 Å². The lowest BCUT2D eigenvalue weighted by molar-refractivity contribution is -0.139. The minimum absolute atomic E-state index is 0.168. The number of carbonyl (C=O) groups is 2. The monoisotopic (exact) mass is 226 g/mol. The summed E-state index contributed by atoms with van der Waals surface area (Å²) in [6.07, 6.45) is 1.62. The van der Waals surface area contributed by atoms with Crippen LogP contribution in [0.1, 0.15) is 10.4 Å². The van der Waals surface area contributed by atoms with E-state index in [4.69, 9.17) is 12.2 Å². The average molecular weight is 226 g/mol. The number of nitrogens with one attached hydrogen (secondary N) is 2. The molecule has 0 saturated carbocycles. The van der Waals surface area contributed by atoms with Crippen LogP contribution in [0.3, 0.4) is 0 Å². The summed E-state index contributed by atoms with van der Waals surface area (Å²) in [6.45, 7) is -0.168. The predicted molar refractivity (Wildman–Crippen MR) is 56.0 cm³/mol. The number of methoxy groups -OCH3 is 1. The molecular weight excluding hydrogens is 216 g/mol. The van der Waals surface area contributed by atoms with Crippen LogP contribution in [0.25, 0.3) is 0 Å². The molecule has 15 heavy (non-hydrogen) atoms. The number of carbonyl (C=O) groups excluding carboxylic acids is 2. The van der Waals surface area contributed by atoms with Gasteiger partial charge in [-0.15, -0.1) is 0 Å². The molecule has 5 nitrogen and oxygen atoms in total. The zero-order valence-corrected chi connectivity index (χ0v) is 8.89. The molecule has 1 amide bonds. The molecule has 0 bridgehead atoms. The lowest BCUT2D eigenvalue weighted by atomic mass is 10.3. The first kappa shape index (κ1) is 11.4. The third kappa shape index (κ3) is 3.17. The number of rotatable bonds is 3. The maximum atomic E-state index is 11.5. The molecule has 0 aromatic carbocycles. The van der Waals surface area contributed by atoms with Gasteiger partial charge in [-0.05, 0) is 12.1 Å². The van der Waals surface area contributed by atoms with Gasteiger partial charge in [0.05, 0.1) is 12.7 Å². The minimum atomic E-state index is -0.505. The summed E-state index contributed by atoms with van der Waals surface area (Å²) in [5.41, 5.74) is 0.330. The number of amides is 1. The van der Waals surface area contributed by atoms with E-state index in [9.17, 15) is 9.59 Å². The molecular formula is C9H10N2O3S. The quantitative estimate of drug-likeness (QED) is 0.586. The van der Waals surface area contributed by atoms with Gasteiger partial charge in [-0.1, -0.05) is 12.2 Å². The highest BCUT2D eigenvalue weighted by molar-refractivity contribution is 7.71. The van der Waals surface area contributed by atoms with E-state index in [1.807, 2.05) is 0 Å². The molecule has 1 heterocycles. The standard InChI is InChI=1S/C9H10N2O3S/c1-14-7(12)5-11-8(13)6-3-2-4-10-9(6)15/h2-4H,5H2,1H3,(H,10,15)(H,11,13). The molecule has 0 unspecified atom stereocenters. The second-order valence-electron chi connectivity index (χ2n) is 2.67. The Kier molecular flexibility index (Phi) is 3.99. The Bertz CT molecular complexity index is 427. The lowest BCUT2D eigenvalue weighted by Crippen LogP contribution is -2.30. The van der Waals surface area contributed by atoms with Gasteiger partial charge >= 0.3 is 5.97 Å². The van der Waals surface area contributed by atoms with E-state index < -0.39 is 11.9 Å². The summed E-state index contributed by atoms with van der Waals surface area (Å²) in [4.78, 5) is 25.0. The third-order valence-electron chi connectivity index (χ3n) is 1.68. The number of hydrogen-bond acceptors (Lipinski definition) is 4. The molecule has 0 aliphatic heterocycles. The largest absolute Gasteiger partial charge is 0.468 e. The van der Waals surface area contributed by atoms with Crippen LogP contribution in [-0.2, 0) is 9.53 Å². The molecule has 6 heteroatoms. The first-order chi connectivity index (χ1) is 7.15. The van der Waals surface area contributed by atoms with E-state index >= 15 is 0 Å².